The lowest BCUT2D eigenvalue weighted by Gasteiger charge is -2.12. The van der Waals surface area contributed by atoms with E-state index in [1.807, 2.05) is 36.5 Å². The number of hydrogen-bond donors (Lipinski definition) is 2. The van der Waals surface area contributed by atoms with Gasteiger partial charge in [0.1, 0.15) is 5.69 Å². The van der Waals surface area contributed by atoms with Gasteiger partial charge in [-0.3, -0.25) is 9.98 Å². The summed E-state index contributed by atoms with van der Waals surface area (Å²) in [6.45, 7) is 1.50. The smallest absolute Gasteiger partial charge is 0.165 e. The van der Waals surface area contributed by atoms with E-state index >= 15 is 0 Å². The Morgan fingerprint density at radius 3 is 2.87 bits per heavy atom. The Kier molecular flexibility index (Phi) is 3.54. The van der Waals surface area contributed by atoms with Crippen molar-refractivity contribution in [2.45, 2.75) is 12.8 Å². The Morgan fingerprint density at radius 1 is 1.22 bits per heavy atom. The van der Waals surface area contributed by atoms with E-state index in [2.05, 4.69) is 15.3 Å². The van der Waals surface area contributed by atoms with Gasteiger partial charge in [-0.2, -0.15) is 0 Å². The van der Waals surface area contributed by atoms with Crippen LogP contribution in [0.15, 0.2) is 40.3 Å². The number of hydrogen-bond acceptors (Lipinski definition) is 4. The minimum Gasteiger partial charge on any atom is -0.504 e. The van der Waals surface area contributed by atoms with Gasteiger partial charge in [0.05, 0.1) is 11.0 Å². The largest absolute Gasteiger partial charge is 0.504 e. The quantitative estimate of drug-likeness (QED) is 0.849. The first-order chi connectivity index (χ1) is 11.2. The van der Waals surface area contributed by atoms with Gasteiger partial charge in [0, 0.05) is 29.5 Å². The third-order valence-corrected chi connectivity index (χ3v) is 4.48. The van der Waals surface area contributed by atoms with Gasteiger partial charge in [0.2, 0.25) is 0 Å². The van der Waals surface area contributed by atoms with Gasteiger partial charge in [-0.15, -0.1) is 0 Å². The van der Waals surface area contributed by atoms with Crippen molar-refractivity contribution < 1.29 is 5.11 Å². The Bertz CT molecular complexity index is 917. The molecule has 0 unspecified atom stereocenters. The van der Waals surface area contributed by atoms with Crippen LogP contribution in [0.4, 0.5) is 11.4 Å². The van der Waals surface area contributed by atoms with E-state index in [1.54, 1.807) is 0 Å². The van der Waals surface area contributed by atoms with Crippen LogP contribution in [0.3, 0.4) is 0 Å². The van der Waals surface area contributed by atoms with Crippen LogP contribution in [0.2, 0.25) is 5.02 Å². The summed E-state index contributed by atoms with van der Waals surface area (Å²) in [5.41, 5.74) is 3.71. The summed E-state index contributed by atoms with van der Waals surface area (Å²) < 4.78 is 0. The van der Waals surface area contributed by atoms with Gasteiger partial charge in [-0.05, 0) is 42.2 Å². The third-order valence-electron chi connectivity index (χ3n) is 4.23. The molecule has 0 atom stereocenters. The molecule has 2 N–H and O–H groups in total. The maximum Gasteiger partial charge on any atom is 0.165 e. The summed E-state index contributed by atoms with van der Waals surface area (Å²) in [4.78, 5) is 8.92. The standard InChI is InChI=1S/C18H16ClN3O/c19-13-3-1-11(2-4-13)5-7-21-15-9-14-16-12(6-8-20-14)10-22-17(16)18(15)23/h1-4,9-10,21,23H,5-8H2. The van der Waals surface area contributed by atoms with E-state index in [0.717, 1.165) is 35.0 Å². The van der Waals surface area contributed by atoms with Gasteiger partial charge in [0.25, 0.3) is 0 Å². The number of anilines is 1. The highest BCUT2D eigenvalue weighted by molar-refractivity contribution is 6.30. The molecule has 2 aromatic rings. The Balaban J connectivity index is 1.57. The number of nitrogens with zero attached hydrogens (tertiary/aromatic N) is 2. The minimum absolute atomic E-state index is 0.211. The summed E-state index contributed by atoms with van der Waals surface area (Å²) in [6.07, 6.45) is 3.59. The first-order valence-corrected chi connectivity index (χ1v) is 8.06. The van der Waals surface area contributed by atoms with E-state index in [9.17, 15) is 5.11 Å². The van der Waals surface area contributed by atoms with Crippen molar-refractivity contribution in [3.63, 3.8) is 0 Å². The number of phenolic OH excluding ortho intramolecular Hbond substituents is 1. The average molecular weight is 326 g/mol. The molecule has 0 saturated carbocycles. The van der Waals surface area contributed by atoms with Crippen molar-refractivity contribution >= 4 is 34.8 Å². The highest BCUT2D eigenvalue weighted by atomic mass is 35.5. The van der Waals surface area contributed by atoms with E-state index < -0.39 is 0 Å². The molecule has 0 saturated heterocycles. The van der Waals surface area contributed by atoms with Gasteiger partial charge < -0.3 is 10.4 Å². The molecule has 0 fully saturated rings. The van der Waals surface area contributed by atoms with Crippen LogP contribution in [0, 0.1) is 0 Å². The van der Waals surface area contributed by atoms with Crippen molar-refractivity contribution in [1.82, 2.24) is 0 Å². The van der Waals surface area contributed by atoms with Crippen LogP contribution < -0.4 is 15.9 Å². The Morgan fingerprint density at radius 2 is 2.04 bits per heavy atom. The lowest BCUT2D eigenvalue weighted by molar-refractivity contribution is 0.478. The van der Waals surface area contributed by atoms with E-state index in [-0.39, 0.29) is 5.75 Å². The summed E-state index contributed by atoms with van der Waals surface area (Å²) in [5, 5.41) is 16.4. The van der Waals surface area contributed by atoms with Crippen molar-refractivity contribution in [1.29, 1.82) is 0 Å². The van der Waals surface area contributed by atoms with Crippen molar-refractivity contribution in [3.05, 3.63) is 51.5 Å². The average Bonchev–Trinajstić information content (AvgIpc) is 3.00. The highest BCUT2D eigenvalue weighted by Gasteiger charge is 2.18. The minimum atomic E-state index is 0.211. The van der Waals surface area contributed by atoms with Gasteiger partial charge in [0.15, 0.2) is 5.75 Å². The molecule has 2 aliphatic heterocycles. The number of benzene rings is 2. The maximum absolute atomic E-state index is 10.5. The van der Waals surface area contributed by atoms with Gasteiger partial charge >= 0.3 is 0 Å². The molecule has 0 spiro atoms. The molecule has 2 aliphatic rings. The second-order valence-corrected chi connectivity index (χ2v) is 6.17. The zero-order chi connectivity index (χ0) is 15.8. The molecule has 0 bridgehead atoms. The summed E-state index contributed by atoms with van der Waals surface area (Å²) in [5.74, 6) is 0.211. The topological polar surface area (TPSA) is 57.0 Å². The van der Waals surface area contributed by atoms with Crippen LogP contribution in [-0.4, -0.2) is 24.4 Å². The lowest BCUT2D eigenvalue weighted by atomic mass is 10.1. The number of nitrogens with one attached hydrogen (secondary N) is 1. The van der Waals surface area contributed by atoms with Gasteiger partial charge in [-0.25, -0.2) is 0 Å². The van der Waals surface area contributed by atoms with E-state index in [1.165, 1.54) is 11.1 Å². The van der Waals surface area contributed by atoms with Crippen LogP contribution in [0.5, 0.6) is 5.75 Å². The number of rotatable bonds is 4. The molecule has 23 heavy (non-hydrogen) atoms. The van der Waals surface area contributed by atoms with Crippen LogP contribution in [0.1, 0.15) is 12.0 Å². The van der Waals surface area contributed by atoms with Crippen LogP contribution in [0.25, 0.3) is 5.57 Å². The lowest BCUT2D eigenvalue weighted by Crippen LogP contribution is -2.30. The first kappa shape index (κ1) is 14.3. The summed E-state index contributed by atoms with van der Waals surface area (Å²) in [6, 6.07) is 9.72. The molecule has 0 radical (unpaired) electrons. The fraction of sp³-hybridized carbons (Fsp3) is 0.222. The molecule has 5 heteroatoms. The molecule has 2 heterocycles. The second-order valence-electron chi connectivity index (χ2n) is 5.73. The van der Waals surface area contributed by atoms with E-state index in [0.29, 0.717) is 17.9 Å². The summed E-state index contributed by atoms with van der Waals surface area (Å²) in [7, 11) is 0. The van der Waals surface area contributed by atoms with Crippen molar-refractivity contribution in [2.75, 3.05) is 18.4 Å². The third kappa shape index (κ3) is 2.59. The fourth-order valence-electron chi connectivity index (χ4n) is 3.03. The maximum atomic E-state index is 10.5. The number of aromatic hydroxyl groups is 1. The van der Waals surface area contributed by atoms with Gasteiger partial charge in [-0.1, -0.05) is 23.7 Å². The number of halogens is 1. The van der Waals surface area contributed by atoms with Crippen molar-refractivity contribution in [2.24, 2.45) is 9.98 Å². The fourth-order valence-corrected chi connectivity index (χ4v) is 3.16. The summed E-state index contributed by atoms with van der Waals surface area (Å²) >= 11 is 5.89. The zero-order valence-corrected chi connectivity index (χ0v) is 13.3. The molecule has 0 amide bonds. The predicted octanol–water partition coefficient (Wildman–Crippen LogP) is 2.59. The highest BCUT2D eigenvalue weighted by Crippen LogP contribution is 2.32. The predicted molar refractivity (Wildman–Crippen MR) is 93.6 cm³/mol. The molecule has 2 aromatic carbocycles. The molecule has 116 valence electrons. The molecular weight excluding hydrogens is 310 g/mol. The molecule has 4 nitrogen and oxygen atoms in total. The molecule has 4 rings (SSSR count). The second kappa shape index (κ2) is 5.70. The number of phenols is 1. The zero-order valence-electron chi connectivity index (χ0n) is 12.5. The first-order valence-electron chi connectivity index (χ1n) is 7.68. The van der Waals surface area contributed by atoms with Crippen LogP contribution >= 0.6 is 11.6 Å². The normalized spacial score (nSPS) is 14.6. The molecular formula is C18H16ClN3O. The Hall–Kier alpha value is -2.33. The monoisotopic (exact) mass is 325 g/mol. The Labute approximate surface area is 138 Å². The molecule has 0 aromatic heterocycles. The number of aliphatic imine (C=N–C) groups is 1. The van der Waals surface area contributed by atoms with Crippen LogP contribution in [-0.2, 0) is 6.42 Å². The van der Waals surface area contributed by atoms with E-state index in [4.69, 9.17) is 11.6 Å². The molecule has 0 aliphatic carbocycles. The SMILES string of the molecule is Oc1c(NCCc2ccc(Cl)cc2)cc2c3c1N=CC=3CCN=2. The van der Waals surface area contributed by atoms with Crippen molar-refractivity contribution in [3.8, 4) is 5.75 Å².